The lowest BCUT2D eigenvalue weighted by Crippen LogP contribution is -2.03. The molecule has 3 rings (SSSR count). The maximum Gasteiger partial charge on any atom is 0.339 e. The van der Waals surface area contributed by atoms with Crippen LogP contribution in [0.5, 0.6) is 0 Å². The fourth-order valence-corrected chi connectivity index (χ4v) is 2.65. The van der Waals surface area contributed by atoms with Crippen LogP contribution in [0.15, 0.2) is 30.5 Å². The van der Waals surface area contributed by atoms with Crippen molar-refractivity contribution < 1.29 is 14.5 Å². The third-order valence-electron chi connectivity index (χ3n) is 2.82. The Labute approximate surface area is 121 Å². The number of nitro groups is 1. The van der Waals surface area contributed by atoms with Gasteiger partial charge in [0.2, 0.25) is 0 Å². The van der Waals surface area contributed by atoms with E-state index in [1.54, 1.807) is 28.8 Å². The maximum atomic E-state index is 11.6. The van der Waals surface area contributed by atoms with Gasteiger partial charge in [0.25, 0.3) is 0 Å². The van der Waals surface area contributed by atoms with Crippen molar-refractivity contribution in [2.24, 2.45) is 0 Å². The molecule has 3 heterocycles. The van der Waals surface area contributed by atoms with Crippen LogP contribution in [-0.4, -0.2) is 32.6 Å². The zero-order chi connectivity index (χ0) is 15.0. The summed E-state index contributed by atoms with van der Waals surface area (Å²) in [5.41, 5.74) is 0.880. The van der Waals surface area contributed by atoms with Gasteiger partial charge in [-0.05, 0) is 18.2 Å². The number of hydrogen-bond acceptors (Lipinski definition) is 7. The summed E-state index contributed by atoms with van der Waals surface area (Å²) in [6.07, 6.45) is 1.54. The van der Waals surface area contributed by atoms with Crippen LogP contribution in [0.4, 0.5) is 5.00 Å². The molecule has 0 saturated heterocycles. The van der Waals surface area contributed by atoms with E-state index in [1.165, 1.54) is 13.2 Å². The quantitative estimate of drug-likeness (QED) is 0.417. The Morgan fingerprint density at radius 3 is 2.81 bits per heavy atom. The number of thiophene rings is 1. The van der Waals surface area contributed by atoms with Crippen LogP contribution in [0.3, 0.4) is 0 Å². The Morgan fingerprint density at radius 1 is 1.33 bits per heavy atom. The van der Waals surface area contributed by atoms with E-state index in [0.717, 1.165) is 11.3 Å². The largest absolute Gasteiger partial charge is 0.465 e. The van der Waals surface area contributed by atoms with Crippen LogP contribution >= 0.6 is 11.3 Å². The number of hydrogen-bond donors (Lipinski definition) is 0. The number of carbonyl (C=O) groups is 1. The SMILES string of the molecule is COC(=O)c1ccc2nnc(-c3ccc([N+](=O)[O-])s3)n2c1. The second kappa shape index (κ2) is 4.94. The van der Waals surface area contributed by atoms with Crippen molar-refractivity contribution in [2.45, 2.75) is 0 Å². The summed E-state index contributed by atoms with van der Waals surface area (Å²) in [6, 6.07) is 6.22. The summed E-state index contributed by atoms with van der Waals surface area (Å²) in [5.74, 6) is -0.0393. The molecule has 0 aliphatic rings. The van der Waals surface area contributed by atoms with Crippen molar-refractivity contribution >= 4 is 28.0 Å². The van der Waals surface area contributed by atoms with Crippen molar-refractivity contribution in [2.75, 3.05) is 7.11 Å². The van der Waals surface area contributed by atoms with E-state index in [1.807, 2.05) is 0 Å². The van der Waals surface area contributed by atoms with Gasteiger partial charge in [-0.2, -0.15) is 0 Å². The highest BCUT2D eigenvalue weighted by atomic mass is 32.1. The van der Waals surface area contributed by atoms with Gasteiger partial charge in [-0.15, -0.1) is 10.2 Å². The molecule has 0 fully saturated rings. The third-order valence-corrected chi connectivity index (χ3v) is 3.85. The average molecular weight is 304 g/mol. The second-order valence-corrected chi connectivity index (χ2v) is 5.12. The normalized spacial score (nSPS) is 10.7. The average Bonchev–Trinajstić information content (AvgIpc) is 3.11. The molecular formula is C12H8N4O4S. The minimum atomic E-state index is -0.478. The van der Waals surface area contributed by atoms with Crippen LogP contribution < -0.4 is 0 Å². The molecule has 0 spiro atoms. The third kappa shape index (κ3) is 2.23. The number of carbonyl (C=O) groups excluding carboxylic acids is 1. The Morgan fingerprint density at radius 2 is 2.14 bits per heavy atom. The Hall–Kier alpha value is -2.81. The van der Waals surface area contributed by atoms with Crippen molar-refractivity contribution in [3.8, 4) is 10.7 Å². The fourth-order valence-electron chi connectivity index (χ4n) is 1.84. The topological polar surface area (TPSA) is 99.6 Å². The minimum Gasteiger partial charge on any atom is -0.465 e. The molecule has 0 amide bonds. The summed E-state index contributed by atoms with van der Waals surface area (Å²) in [7, 11) is 1.29. The van der Waals surface area contributed by atoms with E-state index in [0.29, 0.717) is 21.9 Å². The first-order valence-electron chi connectivity index (χ1n) is 5.78. The number of methoxy groups -OCH3 is 1. The molecule has 106 valence electrons. The number of esters is 1. The number of rotatable bonds is 3. The highest BCUT2D eigenvalue weighted by molar-refractivity contribution is 7.18. The predicted molar refractivity (Wildman–Crippen MR) is 74.3 cm³/mol. The van der Waals surface area contributed by atoms with E-state index in [4.69, 9.17) is 0 Å². The van der Waals surface area contributed by atoms with Crippen LogP contribution in [0.2, 0.25) is 0 Å². The first-order valence-corrected chi connectivity index (χ1v) is 6.59. The number of pyridine rings is 1. The first kappa shape index (κ1) is 13.2. The molecule has 21 heavy (non-hydrogen) atoms. The highest BCUT2D eigenvalue weighted by Crippen LogP contribution is 2.31. The van der Waals surface area contributed by atoms with Gasteiger partial charge >= 0.3 is 11.0 Å². The van der Waals surface area contributed by atoms with Gasteiger partial charge in [-0.3, -0.25) is 14.5 Å². The molecule has 0 radical (unpaired) electrons. The van der Waals surface area contributed by atoms with E-state index < -0.39 is 10.9 Å². The number of ether oxygens (including phenoxy) is 1. The molecule has 9 heteroatoms. The highest BCUT2D eigenvalue weighted by Gasteiger charge is 2.16. The molecule has 8 nitrogen and oxygen atoms in total. The summed E-state index contributed by atoms with van der Waals surface area (Å²) in [5, 5.41) is 18.7. The number of nitrogens with zero attached hydrogens (tertiary/aromatic N) is 4. The zero-order valence-corrected chi connectivity index (χ0v) is 11.5. The van der Waals surface area contributed by atoms with Gasteiger partial charge in [0.05, 0.1) is 22.5 Å². The zero-order valence-electron chi connectivity index (χ0n) is 10.7. The molecule has 0 atom stereocenters. The Kier molecular flexibility index (Phi) is 3.10. The lowest BCUT2D eigenvalue weighted by Gasteiger charge is -2.01. The first-order chi connectivity index (χ1) is 10.1. The van der Waals surface area contributed by atoms with Crippen molar-refractivity contribution in [1.82, 2.24) is 14.6 Å². The van der Waals surface area contributed by atoms with Gasteiger partial charge in [0.15, 0.2) is 11.5 Å². The lowest BCUT2D eigenvalue weighted by atomic mass is 10.3. The van der Waals surface area contributed by atoms with Gasteiger partial charge in [0.1, 0.15) is 0 Å². The monoisotopic (exact) mass is 304 g/mol. The predicted octanol–water partition coefficient (Wildman–Crippen LogP) is 2.15. The van der Waals surface area contributed by atoms with E-state index in [9.17, 15) is 14.9 Å². The summed E-state index contributed by atoms with van der Waals surface area (Å²) >= 11 is 0.995. The van der Waals surface area contributed by atoms with Crippen LogP contribution in [0, 0.1) is 10.1 Å². The summed E-state index contributed by atoms with van der Waals surface area (Å²) in [4.78, 5) is 22.4. The fraction of sp³-hybridized carbons (Fsp3) is 0.0833. The maximum absolute atomic E-state index is 11.6. The van der Waals surface area contributed by atoms with Crippen LogP contribution in [0.25, 0.3) is 16.3 Å². The molecule has 0 N–H and O–H groups in total. The van der Waals surface area contributed by atoms with Crippen LogP contribution in [0.1, 0.15) is 10.4 Å². The van der Waals surface area contributed by atoms with E-state index in [-0.39, 0.29) is 5.00 Å². The minimum absolute atomic E-state index is 0.0193. The van der Waals surface area contributed by atoms with E-state index >= 15 is 0 Å². The van der Waals surface area contributed by atoms with Crippen molar-refractivity contribution in [3.05, 3.63) is 46.1 Å². The van der Waals surface area contributed by atoms with Gasteiger partial charge < -0.3 is 4.74 Å². The Bertz CT molecular complexity index is 854. The van der Waals surface area contributed by atoms with Crippen molar-refractivity contribution in [3.63, 3.8) is 0 Å². The molecule has 0 aliphatic heterocycles. The number of fused-ring (bicyclic) bond motifs is 1. The molecule has 0 bridgehead atoms. The molecule has 0 unspecified atom stereocenters. The smallest absolute Gasteiger partial charge is 0.339 e. The van der Waals surface area contributed by atoms with E-state index in [2.05, 4.69) is 14.9 Å². The summed E-state index contributed by atoms with van der Waals surface area (Å²) in [6.45, 7) is 0. The summed E-state index contributed by atoms with van der Waals surface area (Å²) < 4.78 is 6.26. The molecule has 3 aromatic heterocycles. The molecule has 0 aliphatic carbocycles. The molecule has 3 aromatic rings. The van der Waals surface area contributed by atoms with Gasteiger partial charge in [-0.25, -0.2) is 4.79 Å². The van der Waals surface area contributed by atoms with Crippen molar-refractivity contribution in [1.29, 1.82) is 0 Å². The molecule has 0 saturated carbocycles. The van der Waals surface area contributed by atoms with Gasteiger partial charge in [-0.1, -0.05) is 11.3 Å². The number of aromatic nitrogens is 3. The Balaban J connectivity index is 2.13. The lowest BCUT2D eigenvalue weighted by molar-refractivity contribution is -0.380. The second-order valence-electron chi connectivity index (χ2n) is 4.06. The molecule has 0 aromatic carbocycles. The van der Waals surface area contributed by atoms with Crippen LogP contribution in [-0.2, 0) is 4.74 Å². The molecular weight excluding hydrogens is 296 g/mol. The standard InChI is InChI=1S/C12H8N4O4S/c1-20-12(17)7-2-4-9-13-14-11(15(9)6-7)8-3-5-10(21-8)16(18)19/h2-6H,1H3. The van der Waals surface area contributed by atoms with Gasteiger partial charge in [0, 0.05) is 12.3 Å².